The maximum atomic E-state index is 15.3. The molecule has 0 bridgehead atoms. The minimum Gasteiger partial charge on any atom is -0.378 e. The number of carbonyl (C=O) groups is 1. The second-order valence-corrected chi connectivity index (χ2v) is 15.0. The summed E-state index contributed by atoms with van der Waals surface area (Å²) in [6.07, 6.45) is 5.46. The van der Waals surface area contributed by atoms with Crippen molar-refractivity contribution in [2.45, 2.75) is 86.0 Å². The Hall–Kier alpha value is -2.32. The van der Waals surface area contributed by atoms with Gasteiger partial charge in [0.2, 0.25) is 0 Å². The summed E-state index contributed by atoms with van der Waals surface area (Å²) in [6, 6.07) is 7.21. The molecule has 8 nitrogen and oxygen atoms in total. The van der Waals surface area contributed by atoms with Gasteiger partial charge in [-0.15, -0.1) is 11.8 Å². The molecule has 3 fully saturated rings. The number of rotatable bonds is 14. The summed E-state index contributed by atoms with van der Waals surface area (Å²) in [4.78, 5) is 15.2. The van der Waals surface area contributed by atoms with Gasteiger partial charge in [0, 0.05) is 36.4 Å². The topological polar surface area (TPSA) is 97.0 Å². The highest BCUT2D eigenvalue weighted by Gasteiger charge is 2.39. The summed E-state index contributed by atoms with van der Waals surface area (Å²) >= 11 is 1.53. The second-order valence-electron chi connectivity index (χ2n) is 12.2. The maximum absolute atomic E-state index is 15.3. The van der Waals surface area contributed by atoms with Gasteiger partial charge in [-0.1, -0.05) is 0 Å². The third-order valence-corrected chi connectivity index (χ3v) is 11.0. The Morgan fingerprint density at radius 3 is 2.41 bits per heavy atom. The summed E-state index contributed by atoms with van der Waals surface area (Å²) < 4.78 is 83.1. The number of hydrogen-bond donors (Lipinski definition) is 2. The van der Waals surface area contributed by atoms with E-state index in [-0.39, 0.29) is 17.8 Å². The Bertz CT molecular complexity index is 1390. The minimum atomic E-state index is -4.55. The lowest BCUT2D eigenvalue weighted by Crippen LogP contribution is -2.53. The molecule has 2 saturated heterocycles. The molecule has 2 aliphatic heterocycles. The number of thioether (sulfide) groups is 1. The van der Waals surface area contributed by atoms with E-state index in [4.69, 9.17) is 9.47 Å². The number of likely N-dealkylation sites (tertiary alicyclic amines) is 1. The number of nitrogens with one attached hydrogen (secondary N) is 2. The van der Waals surface area contributed by atoms with Crippen molar-refractivity contribution in [3.8, 4) is 0 Å². The zero-order valence-electron chi connectivity index (χ0n) is 25.0. The summed E-state index contributed by atoms with van der Waals surface area (Å²) in [5, 5.41) is 2.94. The van der Waals surface area contributed by atoms with Crippen LogP contribution in [-0.4, -0.2) is 75.1 Å². The highest BCUT2D eigenvalue weighted by molar-refractivity contribution is 7.99. The first kappa shape index (κ1) is 33.1. The molecule has 0 radical (unpaired) electrons. The van der Waals surface area contributed by atoms with Gasteiger partial charge < -0.3 is 14.8 Å². The lowest BCUT2D eigenvalue weighted by atomic mass is 9.95. The third kappa shape index (κ3) is 8.48. The first-order chi connectivity index (χ1) is 20.9. The molecule has 2 aromatic carbocycles. The maximum Gasteiger partial charge on any atom is 0.265 e. The van der Waals surface area contributed by atoms with Gasteiger partial charge in [0.25, 0.3) is 15.9 Å². The Kier molecular flexibility index (Phi) is 10.5. The zero-order valence-corrected chi connectivity index (χ0v) is 26.6. The number of carbonyl (C=O) groups excluding carboxylic acids is 1. The Morgan fingerprint density at radius 1 is 1.11 bits per heavy atom. The van der Waals surface area contributed by atoms with Gasteiger partial charge in [0.05, 0.1) is 17.1 Å². The molecule has 242 valence electrons. The number of hydrogen-bond acceptors (Lipinski definition) is 8. The van der Waals surface area contributed by atoms with E-state index in [1.807, 2.05) is 11.6 Å². The Morgan fingerprint density at radius 2 is 1.80 bits per heavy atom. The molecule has 5 rings (SSSR count). The van der Waals surface area contributed by atoms with Crippen molar-refractivity contribution in [2.75, 3.05) is 37.3 Å². The molecule has 2 N–H and O–H groups in total. The van der Waals surface area contributed by atoms with E-state index in [1.54, 1.807) is 12.1 Å². The molecule has 3 atom stereocenters. The fourth-order valence-corrected chi connectivity index (χ4v) is 7.70. The van der Waals surface area contributed by atoms with Crippen LogP contribution in [0.5, 0.6) is 0 Å². The first-order valence-corrected chi connectivity index (χ1v) is 17.6. The lowest BCUT2D eigenvalue weighted by molar-refractivity contribution is -0.148. The standard InChI is InChI=1S/C31H40F3N3O5S2/c1-20(21(19-43-25-9-5-22(32)6-10-25)11-13-37-17-24(18-37)42-23-7-8-23)35-29-27(33)15-26(16-28(29)34)44(39,40)36-30(38)31(2)12-3-4-14-41-31/h5-6,9-10,15-16,20-21,23-24,35H,3-4,7-8,11-14,17-19H2,1-2H3,(H,36,38)/t20?,21-,31-/m1/s1. The van der Waals surface area contributed by atoms with Gasteiger partial charge >= 0.3 is 0 Å². The monoisotopic (exact) mass is 655 g/mol. The normalized spacial score (nSPS) is 22.7. The van der Waals surface area contributed by atoms with Crippen LogP contribution in [0.3, 0.4) is 0 Å². The Balaban J connectivity index is 1.24. The summed E-state index contributed by atoms with van der Waals surface area (Å²) in [7, 11) is -4.55. The molecule has 1 amide bonds. The van der Waals surface area contributed by atoms with Crippen molar-refractivity contribution >= 4 is 33.4 Å². The number of amides is 1. The van der Waals surface area contributed by atoms with Crippen molar-refractivity contribution in [1.82, 2.24) is 9.62 Å². The second kappa shape index (κ2) is 14.0. The largest absolute Gasteiger partial charge is 0.378 e. The fraction of sp³-hybridized carbons (Fsp3) is 0.581. The van der Waals surface area contributed by atoms with E-state index in [0.717, 1.165) is 50.2 Å². The van der Waals surface area contributed by atoms with Crippen LogP contribution < -0.4 is 10.0 Å². The Labute approximate surface area is 261 Å². The number of sulfonamides is 1. The van der Waals surface area contributed by atoms with Gasteiger partial charge in [0.15, 0.2) is 11.6 Å². The van der Waals surface area contributed by atoms with Crippen LogP contribution in [0.2, 0.25) is 0 Å². The van der Waals surface area contributed by atoms with E-state index < -0.39 is 49.8 Å². The number of benzene rings is 2. The molecule has 2 aromatic rings. The van der Waals surface area contributed by atoms with Crippen LogP contribution in [0.15, 0.2) is 46.2 Å². The molecule has 2 heterocycles. The molecule has 0 spiro atoms. The molecule has 3 aliphatic rings. The van der Waals surface area contributed by atoms with Gasteiger partial charge in [-0.05, 0) is 101 Å². The van der Waals surface area contributed by atoms with E-state index in [2.05, 4.69) is 10.2 Å². The average molecular weight is 656 g/mol. The van der Waals surface area contributed by atoms with Crippen LogP contribution in [0.4, 0.5) is 18.9 Å². The van der Waals surface area contributed by atoms with Gasteiger partial charge in [-0.25, -0.2) is 26.3 Å². The molecule has 1 saturated carbocycles. The van der Waals surface area contributed by atoms with Crippen LogP contribution in [0, 0.1) is 23.4 Å². The van der Waals surface area contributed by atoms with Crippen molar-refractivity contribution in [1.29, 1.82) is 0 Å². The predicted octanol–water partition coefficient (Wildman–Crippen LogP) is 5.33. The summed E-state index contributed by atoms with van der Waals surface area (Å²) in [5.41, 5.74) is -1.77. The van der Waals surface area contributed by atoms with Crippen molar-refractivity contribution < 1.29 is 35.9 Å². The minimum absolute atomic E-state index is 0.0359. The number of halogens is 3. The first-order valence-electron chi connectivity index (χ1n) is 15.1. The predicted molar refractivity (Wildman–Crippen MR) is 163 cm³/mol. The van der Waals surface area contributed by atoms with E-state index in [1.165, 1.54) is 30.8 Å². The van der Waals surface area contributed by atoms with Crippen molar-refractivity contribution in [3.05, 3.63) is 53.8 Å². The lowest BCUT2D eigenvalue weighted by Gasteiger charge is -2.40. The molecule has 1 unspecified atom stereocenters. The van der Waals surface area contributed by atoms with Crippen LogP contribution in [0.25, 0.3) is 0 Å². The molecular weight excluding hydrogens is 615 g/mol. The van der Waals surface area contributed by atoms with Crippen LogP contribution in [0.1, 0.15) is 52.4 Å². The average Bonchev–Trinajstić information content (AvgIpc) is 3.78. The molecule has 0 aromatic heterocycles. The number of anilines is 1. The van der Waals surface area contributed by atoms with E-state index in [9.17, 15) is 17.6 Å². The number of nitrogens with zero attached hydrogens (tertiary/aromatic N) is 1. The zero-order chi connectivity index (χ0) is 31.5. The summed E-state index contributed by atoms with van der Waals surface area (Å²) in [5.74, 6) is -2.79. The highest BCUT2D eigenvalue weighted by atomic mass is 32.2. The van der Waals surface area contributed by atoms with Crippen LogP contribution in [-0.2, 0) is 24.3 Å². The molecule has 44 heavy (non-hydrogen) atoms. The van der Waals surface area contributed by atoms with Crippen molar-refractivity contribution in [2.24, 2.45) is 5.92 Å². The SMILES string of the molecule is CC(Nc1c(F)cc(S(=O)(=O)NC(=O)[C@@]2(C)CCCCO2)cc1F)[C@H](CCN1CC(OC2CC2)C1)CSc1ccc(F)cc1. The quantitative estimate of drug-likeness (QED) is 0.264. The van der Waals surface area contributed by atoms with E-state index in [0.29, 0.717) is 43.4 Å². The molecular formula is C31H40F3N3O5S2. The smallest absolute Gasteiger partial charge is 0.265 e. The number of ether oxygens (including phenoxy) is 2. The van der Waals surface area contributed by atoms with Crippen LogP contribution >= 0.6 is 11.8 Å². The van der Waals surface area contributed by atoms with Gasteiger partial charge in [-0.3, -0.25) is 9.69 Å². The van der Waals surface area contributed by atoms with Crippen molar-refractivity contribution in [3.63, 3.8) is 0 Å². The fourth-order valence-electron chi connectivity index (χ4n) is 5.42. The molecule has 13 heteroatoms. The third-order valence-electron chi connectivity index (χ3n) is 8.51. The highest BCUT2D eigenvalue weighted by Crippen LogP contribution is 2.31. The van der Waals surface area contributed by atoms with Gasteiger partial charge in [0.1, 0.15) is 17.1 Å². The summed E-state index contributed by atoms with van der Waals surface area (Å²) in [6.45, 7) is 6.16. The molecule has 1 aliphatic carbocycles. The van der Waals surface area contributed by atoms with E-state index >= 15 is 8.78 Å². The van der Waals surface area contributed by atoms with Gasteiger partial charge in [-0.2, -0.15) is 0 Å².